The van der Waals surface area contributed by atoms with Gasteiger partial charge in [-0.1, -0.05) is 46.3 Å². The van der Waals surface area contributed by atoms with Crippen molar-refractivity contribution < 1.29 is 14.2 Å². The van der Waals surface area contributed by atoms with Crippen LogP contribution in [0.4, 0.5) is 0 Å². The van der Waals surface area contributed by atoms with E-state index in [1.165, 1.54) is 7.11 Å². The summed E-state index contributed by atoms with van der Waals surface area (Å²) in [6.45, 7) is 1.66. The third-order valence-corrected chi connectivity index (χ3v) is 6.96. The fourth-order valence-corrected chi connectivity index (χ4v) is 5.30. The largest absolute Gasteiger partial charge is 0.496 e. The fraction of sp³-hybridized carbons (Fsp3) is 0.333. The molecular formula is C24H19BrN4O3. The summed E-state index contributed by atoms with van der Waals surface area (Å²) in [4.78, 5) is 0. The highest BCUT2D eigenvalue weighted by atomic mass is 79.9. The van der Waals surface area contributed by atoms with Crippen molar-refractivity contribution in [3.05, 3.63) is 64.1 Å². The maximum atomic E-state index is 10.5. The van der Waals surface area contributed by atoms with Crippen molar-refractivity contribution in [3.63, 3.8) is 0 Å². The van der Waals surface area contributed by atoms with E-state index in [1.807, 2.05) is 30.3 Å². The summed E-state index contributed by atoms with van der Waals surface area (Å²) < 4.78 is 18.4. The molecule has 32 heavy (non-hydrogen) atoms. The molecule has 2 saturated heterocycles. The first-order valence-electron chi connectivity index (χ1n) is 9.89. The van der Waals surface area contributed by atoms with Crippen molar-refractivity contribution in [3.8, 4) is 24.0 Å². The van der Waals surface area contributed by atoms with Gasteiger partial charge in [-0.25, -0.2) is 0 Å². The zero-order valence-electron chi connectivity index (χ0n) is 17.4. The van der Waals surface area contributed by atoms with E-state index in [0.29, 0.717) is 22.2 Å². The minimum atomic E-state index is -2.05. The molecule has 2 heterocycles. The number of rotatable bonds is 4. The second-order valence-corrected chi connectivity index (χ2v) is 8.94. The van der Waals surface area contributed by atoms with Gasteiger partial charge in [0.1, 0.15) is 11.9 Å². The molecule has 4 rings (SSSR count). The van der Waals surface area contributed by atoms with Gasteiger partial charge < -0.3 is 14.2 Å². The van der Waals surface area contributed by atoms with E-state index in [0.717, 1.165) is 5.56 Å². The number of nitriles is 3. The number of halogens is 1. The van der Waals surface area contributed by atoms with Gasteiger partial charge in [0.15, 0.2) is 5.41 Å². The highest BCUT2D eigenvalue weighted by Crippen LogP contribution is 2.67. The quantitative estimate of drug-likeness (QED) is 0.664. The molecule has 1 N–H and O–H groups in total. The van der Waals surface area contributed by atoms with Crippen LogP contribution in [-0.4, -0.2) is 18.8 Å². The maximum absolute atomic E-state index is 10.5. The maximum Gasteiger partial charge on any atom is 0.215 e. The van der Waals surface area contributed by atoms with Crippen molar-refractivity contribution in [1.82, 2.24) is 0 Å². The number of hydrogen-bond acceptors (Lipinski definition) is 7. The SMILES string of the molecule is COc1ccc(Br)cc1C1OC2(C)OC(=N)C(C#N)(C2Cc2ccccc2)C1(C#N)C#N. The molecule has 160 valence electrons. The molecule has 8 heteroatoms. The molecule has 2 bridgehead atoms. The summed E-state index contributed by atoms with van der Waals surface area (Å²) in [5.74, 6) is -2.19. The van der Waals surface area contributed by atoms with E-state index in [4.69, 9.17) is 19.6 Å². The Labute approximate surface area is 194 Å². The molecule has 7 nitrogen and oxygen atoms in total. The smallest absolute Gasteiger partial charge is 0.215 e. The van der Waals surface area contributed by atoms with Crippen LogP contribution >= 0.6 is 15.9 Å². The number of nitrogens with zero attached hydrogens (tertiary/aromatic N) is 3. The third kappa shape index (κ3) is 2.76. The average molecular weight is 491 g/mol. The van der Waals surface area contributed by atoms with Crippen LogP contribution in [0, 0.1) is 56.2 Å². The topological polar surface area (TPSA) is 123 Å². The molecule has 2 aromatic carbocycles. The van der Waals surface area contributed by atoms with Crippen LogP contribution in [0.3, 0.4) is 0 Å². The Morgan fingerprint density at radius 2 is 1.78 bits per heavy atom. The molecule has 4 atom stereocenters. The lowest BCUT2D eigenvalue weighted by atomic mass is 9.52. The number of nitrogens with one attached hydrogen (secondary N) is 1. The molecule has 0 aliphatic carbocycles. The van der Waals surface area contributed by atoms with Gasteiger partial charge in [0, 0.05) is 17.0 Å². The van der Waals surface area contributed by atoms with Gasteiger partial charge in [0.2, 0.25) is 17.1 Å². The van der Waals surface area contributed by atoms with Gasteiger partial charge in [0.05, 0.1) is 31.2 Å². The first-order valence-corrected chi connectivity index (χ1v) is 10.7. The van der Waals surface area contributed by atoms with E-state index in [1.54, 1.807) is 25.1 Å². The van der Waals surface area contributed by atoms with Crippen molar-refractivity contribution in [2.24, 2.45) is 16.7 Å². The lowest BCUT2D eigenvalue weighted by Gasteiger charge is -2.49. The predicted molar refractivity (Wildman–Crippen MR) is 117 cm³/mol. The molecule has 2 aliphatic rings. The number of hydrogen-bond donors (Lipinski definition) is 1. The molecule has 0 amide bonds. The van der Waals surface area contributed by atoms with Crippen molar-refractivity contribution in [2.75, 3.05) is 7.11 Å². The van der Waals surface area contributed by atoms with Crippen LogP contribution in [-0.2, 0) is 15.9 Å². The Morgan fingerprint density at radius 1 is 1.09 bits per heavy atom. The molecule has 2 fully saturated rings. The highest BCUT2D eigenvalue weighted by molar-refractivity contribution is 9.10. The van der Waals surface area contributed by atoms with Crippen LogP contribution < -0.4 is 4.74 Å². The van der Waals surface area contributed by atoms with Crippen LogP contribution in [0.25, 0.3) is 0 Å². The molecule has 2 aliphatic heterocycles. The summed E-state index contributed by atoms with van der Waals surface area (Å²) in [6.07, 6.45) is -0.898. The Hall–Kier alpha value is -3.38. The molecule has 4 unspecified atom stereocenters. The monoisotopic (exact) mass is 490 g/mol. The zero-order chi connectivity index (χ0) is 23.1. The number of ether oxygens (including phenoxy) is 3. The van der Waals surface area contributed by atoms with Gasteiger partial charge in [-0.3, -0.25) is 5.41 Å². The number of methoxy groups -OCH3 is 1. The van der Waals surface area contributed by atoms with E-state index in [2.05, 4.69) is 34.1 Å². The number of benzene rings is 2. The summed E-state index contributed by atoms with van der Waals surface area (Å²) in [5.41, 5.74) is -2.60. The predicted octanol–water partition coefficient (Wildman–Crippen LogP) is 4.66. The van der Waals surface area contributed by atoms with Crippen LogP contribution in [0.5, 0.6) is 5.75 Å². The molecule has 0 aromatic heterocycles. The summed E-state index contributed by atoms with van der Waals surface area (Å²) in [5, 5.41) is 39.9. The van der Waals surface area contributed by atoms with Gasteiger partial charge in [-0.15, -0.1) is 0 Å². The third-order valence-electron chi connectivity index (χ3n) is 6.47. The lowest BCUT2D eigenvalue weighted by Crippen LogP contribution is -2.59. The zero-order valence-corrected chi connectivity index (χ0v) is 19.0. The van der Waals surface area contributed by atoms with Crippen LogP contribution in [0.15, 0.2) is 53.0 Å². The second kappa shape index (κ2) is 7.64. The molecule has 0 spiro atoms. The minimum Gasteiger partial charge on any atom is -0.496 e. The van der Waals surface area contributed by atoms with Crippen molar-refractivity contribution in [2.45, 2.75) is 25.2 Å². The Bertz CT molecular complexity index is 1200. The molecule has 2 aromatic rings. The lowest BCUT2D eigenvalue weighted by molar-refractivity contribution is -0.272. The van der Waals surface area contributed by atoms with E-state index < -0.39 is 34.5 Å². The van der Waals surface area contributed by atoms with E-state index in [-0.39, 0.29) is 0 Å². The van der Waals surface area contributed by atoms with Gasteiger partial charge in [-0.2, -0.15) is 15.8 Å². The molecular weight excluding hydrogens is 472 g/mol. The van der Waals surface area contributed by atoms with Gasteiger partial charge in [0.25, 0.3) is 0 Å². The Kier molecular flexibility index (Phi) is 5.21. The van der Waals surface area contributed by atoms with Gasteiger partial charge >= 0.3 is 0 Å². The number of fused-ring (bicyclic) bond motifs is 2. The van der Waals surface area contributed by atoms with E-state index >= 15 is 0 Å². The first kappa shape index (κ1) is 21.8. The summed E-state index contributed by atoms with van der Waals surface area (Å²) in [6, 6.07) is 20.8. The van der Waals surface area contributed by atoms with Crippen LogP contribution in [0.1, 0.15) is 24.2 Å². The van der Waals surface area contributed by atoms with E-state index in [9.17, 15) is 15.8 Å². The molecule has 0 radical (unpaired) electrons. The summed E-state index contributed by atoms with van der Waals surface area (Å²) in [7, 11) is 1.48. The van der Waals surface area contributed by atoms with Crippen LogP contribution in [0.2, 0.25) is 0 Å². The second-order valence-electron chi connectivity index (χ2n) is 8.03. The fourth-order valence-electron chi connectivity index (χ4n) is 4.93. The normalized spacial score (nSPS) is 29.8. The Balaban J connectivity index is 1.98. The summed E-state index contributed by atoms with van der Waals surface area (Å²) >= 11 is 3.42. The molecule has 0 saturated carbocycles. The average Bonchev–Trinajstić information content (AvgIpc) is 2.96. The Morgan fingerprint density at radius 3 is 2.38 bits per heavy atom. The standard InChI is InChI=1S/C24H19BrN4O3/c1-22-19(10-15-6-4-3-5-7-15)24(14-28,21(29)32-22)23(12-26,13-27)20(31-22)17-11-16(25)8-9-18(17)30-2/h3-9,11,19-20,29H,10H2,1-2H3. The van der Waals surface area contributed by atoms with Crippen molar-refractivity contribution in [1.29, 1.82) is 21.2 Å². The first-order chi connectivity index (χ1) is 15.3. The minimum absolute atomic E-state index is 0.292. The van der Waals surface area contributed by atoms with Gasteiger partial charge in [-0.05, 0) is 30.2 Å². The highest BCUT2D eigenvalue weighted by Gasteiger charge is 2.79. The van der Waals surface area contributed by atoms with Crippen molar-refractivity contribution >= 4 is 21.8 Å².